The minimum absolute atomic E-state index is 0.160. The van der Waals surface area contributed by atoms with Crippen LogP contribution in [0.4, 0.5) is 4.79 Å². The molecular weight excluding hydrogens is 472 g/mol. The molecule has 9 nitrogen and oxygen atoms in total. The molecule has 0 N–H and O–H groups in total. The van der Waals surface area contributed by atoms with E-state index in [1.165, 1.54) is 43.9 Å². The fourth-order valence-corrected chi connectivity index (χ4v) is 3.95. The van der Waals surface area contributed by atoms with Gasteiger partial charge >= 0.3 is 18.0 Å². The Labute approximate surface area is 223 Å². The second-order valence-electron chi connectivity index (χ2n) is 11.3. The van der Waals surface area contributed by atoms with Gasteiger partial charge < -0.3 is 18.9 Å². The molecule has 1 heterocycles. The Morgan fingerprint density at radius 1 is 0.919 bits per heavy atom. The maximum absolute atomic E-state index is 13.2. The zero-order valence-electron chi connectivity index (χ0n) is 24.4. The van der Waals surface area contributed by atoms with Crippen molar-refractivity contribution in [2.24, 2.45) is 0 Å². The predicted octanol–water partition coefficient (Wildman–Crippen LogP) is 4.51. The van der Waals surface area contributed by atoms with Gasteiger partial charge in [-0.2, -0.15) is 0 Å². The van der Waals surface area contributed by atoms with Crippen molar-refractivity contribution in [2.75, 3.05) is 62.0 Å². The lowest BCUT2D eigenvalue weighted by atomic mass is 10.1. The van der Waals surface area contributed by atoms with Crippen molar-refractivity contribution < 1.29 is 32.8 Å². The van der Waals surface area contributed by atoms with Crippen molar-refractivity contribution >= 4 is 18.0 Å². The van der Waals surface area contributed by atoms with Gasteiger partial charge in [0.2, 0.25) is 5.69 Å². The Balaban J connectivity index is 2.30. The summed E-state index contributed by atoms with van der Waals surface area (Å²) in [5.41, 5.74) is 0.185. The third kappa shape index (κ3) is 12.0. The highest BCUT2D eigenvalue weighted by Crippen LogP contribution is 2.21. The summed E-state index contributed by atoms with van der Waals surface area (Å²) in [6.07, 6.45) is 10.2. The van der Waals surface area contributed by atoms with Crippen LogP contribution in [0.1, 0.15) is 75.7 Å². The topological polar surface area (TPSA) is 85.8 Å². The van der Waals surface area contributed by atoms with E-state index >= 15 is 0 Å². The van der Waals surface area contributed by atoms with Crippen LogP contribution in [-0.2, 0) is 9.53 Å². The first-order valence-electron chi connectivity index (χ1n) is 13.5. The average molecular weight is 523 g/mol. The summed E-state index contributed by atoms with van der Waals surface area (Å²) in [6, 6.07) is 3.54. The number of nitrogens with zero attached hydrogens (tertiary/aromatic N) is 4. The molecule has 0 aliphatic rings. The zero-order chi connectivity index (χ0) is 28.1. The second kappa shape index (κ2) is 15.7. The molecular formula is C28H50N4O5+2. The number of carbonyl (C=O) groups excluding carboxylic acids is 3. The van der Waals surface area contributed by atoms with E-state index in [2.05, 4.69) is 26.0 Å². The van der Waals surface area contributed by atoms with Gasteiger partial charge in [-0.15, -0.1) is 0 Å². The van der Waals surface area contributed by atoms with E-state index in [-0.39, 0.29) is 33.8 Å². The minimum atomic E-state index is -0.538. The summed E-state index contributed by atoms with van der Waals surface area (Å²) in [6.45, 7) is 5.84. The zero-order valence-corrected chi connectivity index (χ0v) is 24.4. The molecule has 0 fully saturated rings. The third-order valence-electron chi connectivity index (χ3n) is 7.01. The summed E-state index contributed by atoms with van der Waals surface area (Å²) in [5, 5.41) is 0. The van der Waals surface area contributed by atoms with E-state index in [1.54, 1.807) is 32.4 Å². The van der Waals surface area contributed by atoms with Crippen LogP contribution in [0, 0.1) is 0 Å². The molecule has 1 unspecified atom stereocenters. The lowest BCUT2D eigenvalue weighted by Crippen LogP contribution is -2.50. The largest absolute Gasteiger partial charge is 0.460 e. The summed E-state index contributed by atoms with van der Waals surface area (Å²) in [7, 11) is 11.3. The van der Waals surface area contributed by atoms with Gasteiger partial charge in [-0.05, 0) is 44.7 Å². The van der Waals surface area contributed by atoms with E-state index in [0.29, 0.717) is 13.2 Å². The Hall–Kier alpha value is -2.52. The molecule has 1 rings (SSSR count). The van der Waals surface area contributed by atoms with Crippen LogP contribution in [-0.4, -0.2) is 105 Å². The number of hydrogen-bond donors (Lipinski definition) is 0. The SMILES string of the molecule is CC(=O)OCC(C)[N+](C)(C)CCCCCCCCCC[N+](C)(C)C(=O)c1ncccc1OC(=O)N(C)C. The third-order valence-corrected chi connectivity index (χ3v) is 7.01. The molecule has 0 bridgehead atoms. The van der Waals surface area contributed by atoms with E-state index in [0.717, 1.165) is 30.3 Å². The lowest BCUT2D eigenvalue weighted by molar-refractivity contribution is -0.913. The Bertz CT molecular complexity index is 870. The number of amides is 2. The predicted molar refractivity (Wildman–Crippen MR) is 145 cm³/mol. The standard InChI is InChI=1S/C28H50N4O5/c1-23(22-36-24(2)33)31(5,6)20-15-13-11-9-10-12-14-16-21-32(7,8)27(34)26-25(18-17-19-29-26)37-28(35)30(3)4/h17-19,23H,9-16,20-22H2,1-8H3/q+2. The van der Waals surface area contributed by atoms with Gasteiger partial charge in [0, 0.05) is 27.2 Å². The molecule has 0 spiro atoms. The van der Waals surface area contributed by atoms with Gasteiger partial charge in [-0.3, -0.25) is 9.28 Å². The van der Waals surface area contributed by atoms with Crippen molar-refractivity contribution in [3.05, 3.63) is 24.0 Å². The first-order chi connectivity index (χ1) is 17.3. The van der Waals surface area contributed by atoms with Crippen LogP contribution in [0.5, 0.6) is 5.75 Å². The van der Waals surface area contributed by atoms with Crippen molar-refractivity contribution in [3.8, 4) is 5.75 Å². The van der Waals surface area contributed by atoms with Gasteiger partial charge in [0.25, 0.3) is 0 Å². The van der Waals surface area contributed by atoms with Gasteiger partial charge in [-0.25, -0.2) is 14.6 Å². The second-order valence-corrected chi connectivity index (χ2v) is 11.3. The molecule has 0 aliphatic heterocycles. The van der Waals surface area contributed by atoms with Gasteiger partial charge in [0.1, 0.15) is 12.6 Å². The monoisotopic (exact) mass is 522 g/mol. The number of pyridine rings is 1. The Kier molecular flexibility index (Phi) is 13.8. The minimum Gasteiger partial charge on any atom is -0.460 e. The van der Waals surface area contributed by atoms with E-state index < -0.39 is 6.09 Å². The molecule has 1 aromatic rings. The lowest BCUT2D eigenvalue weighted by Gasteiger charge is -2.35. The number of aromatic nitrogens is 1. The number of hydrogen-bond acceptors (Lipinski definition) is 6. The maximum Gasteiger partial charge on any atom is 0.414 e. The average Bonchev–Trinajstić information content (AvgIpc) is 2.83. The number of esters is 1. The summed E-state index contributed by atoms with van der Waals surface area (Å²) >= 11 is 0. The molecule has 1 aromatic heterocycles. The van der Waals surface area contributed by atoms with E-state index in [1.807, 2.05) is 14.1 Å². The summed E-state index contributed by atoms with van der Waals surface area (Å²) in [5.74, 6) is -0.185. The van der Waals surface area contributed by atoms with Crippen LogP contribution in [0.15, 0.2) is 18.3 Å². The van der Waals surface area contributed by atoms with Crippen LogP contribution in [0.3, 0.4) is 0 Å². The molecule has 0 saturated heterocycles. The first kappa shape index (κ1) is 32.5. The molecule has 0 aliphatic carbocycles. The number of unbranched alkanes of at least 4 members (excludes halogenated alkanes) is 7. The fraction of sp³-hybridized carbons (Fsp3) is 0.714. The number of likely N-dealkylation sites (N-methyl/N-ethyl adjacent to an activating group) is 1. The molecule has 9 heteroatoms. The molecule has 0 aromatic carbocycles. The molecule has 1 atom stereocenters. The fourth-order valence-electron chi connectivity index (χ4n) is 3.95. The number of quaternary nitrogens is 2. The Morgan fingerprint density at radius 2 is 1.46 bits per heavy atom. The van der Waals surface area contributed by atoms with Crippen LogP contribution >= 0.6 is 0 Å². The quantitative estimate of drug-likeness (QED) is 0.180. The van der Waals surface area contributed by atoms with Crippen LogP contribution < -0.4 is 4.74 Å². The Morgan fingerprint density at radius 3 is 2.00 bits per heavy atom. The smallest absolute Gasteiger partial charge is 0.414 e. The normalized spacial score (nSPS) is 12.6. The molecule has 210 valence electrons. The number of carbonyl (C=O) groups is 3. The van der Waals surface area contributed by atoms with Crippen LogP contribution in [0.25, 0.3) is 0 Å². The van der Waals surface area contributed by atoms with E-state index in [9.17, 15) is 14.4 Å². The van der Waals surface area contributed by atoms with Crippen molar-refractivity contribution in [3.63, 3.8) is 0 Å². The highest BCUT2D eigenvalue weighted by Gasteiger charge is 2.32. The van der Waals surface area contributed by atoms with Gasteiger partial charge in [0.05, 0.1) is 41.3 Å². The van der Waals surface area contributed by atoms with Crippen molar-refractivity contribution in [1.82, 2.24) is 9.88 Å². The number of rotatable bonds is 16. The number of ether oxygens (including phenoxy) is 2. The molecule has 2 amide bonds. The maximum atomic E-state index is 13.2. The van der Waals surface area contributed by atoms with Crippen LogP contribution in [0.2, 0.25) is 0 Å². The first-order valence-corrected chi connectivity index (χ1v) is 13.5. The highest BCUT2D eigenvalue weighted by molar-refractivity contribution is 5.90. The van der Waals surface area contributed by atoms with Gasteiger partial charge in [-0.1, -0.05) is 25.7 Å². The summed E-state index contributed by atoms with van der Waals surface area (Å²) in [4.78, 5) is 41.7. The van der Waals surface area contributed by atoms with E-state index in [4.69, 9.17) is 9.47 Å². The molecule has 0 saturated carbocycles. The molecule has 0 radical (unpaired) electrons. The van der Waals surface area contributed by atoms with Crippen molar-refractivity contribution in [1.29, 1.82) is 0 Å². The highest BCUT2D eigenvalue weighted by atomic mass is 16.6. The van der Waals surface area contributed by atoms with Crippen molar-refractivity contribution in [2.45, 2.75) is 71.3 Å². The van der Waals surface area contributed by atoms with Gasteiger partial charge in [0.15, 0.2) is 5.75 Å². The summed E-state index contributed by atoms with van der Waals surface area (Å²) < 4.78 is 11.5. The molecule has 37 heavy (non-hydrogen) atoms.